The van der Waals surface area contributed by atoms with Crippen molar-refractivity contribution in [2.45, 2.75) is 32.4 Å². The quantitative estimate of drug-likeness (QED) is 0.440. The zero-order valence-corrected chi connectivity index (χ0v) is 17.3. The number of benzene rings is 1. The number of allylic oxidation sites excluding steroid dienone is 1. The van der Waals surface area contributed by atoms with Crippen molar-refractivity contribution in [2.75, 3.05) is 0 Å². The van der Waals surface area contributed by atoms with Crippen molar-refractivity contribution in [3.8, 4) is 22.5 Å². The number of aromatic nitrogens is 7. The maximum atomic E-state index is 4.88. The van der Waals surface area contributed by atoms with Crippen LogP contribution in [0.4, 0.5) is 0 Å². The molecule has 0 radical (unpaired) electrons. The monoisotopic (exact) mass is 399 g/mol. The molecular weight excluding hydrogens is 374 g/mol. The van der Waals surface area contributed by atoms with E-state index < -0.39 is 0 Å². The zero-order chi connectivity index (χ0) is 20.7. The van der Waals surface area contributed by atoms with Crippen LogP contribution in [0, 0.1) is 12.8 Å². The summed E-state index contributed by atoms with van der Waals surface area (Å²) in [5.41, 5.74) is 5.32. The Morgan fingerprint density at radius 3 is 2.63 bits per heavy atom. The van der Waals surface area contributed by atoms with Gasteiger partial charge in [0.15, 0.2) is 0 Å². The molecule has 5 rings (SSSR count). The Morgan fingerprint density at radius 2 is 1.97 bits per heavy atom. The molecule has 7 nitrogen and oxygen atoms in total. The van der Waals surface area contributed by atoms with Crippen LogP contribution in [-0.2, 0) is 13.6 Å². The molecule has 7 heteroatoms. The first kappa shape index (κ1) is 18.5. The Morgan fingerprint density at radius 1 is 1.17 bits per heavy atom. The number of rotatable bonds is 7. The minimum atomic E-state index is 0.0969. The predicted molar refractivity (Wildman–Crippen MR) is 116 cm³/mol. The Bertz CT molecular complexity index is 1180. The highest BCUT2D eigenvalue weighted by molar-refractivity contribution is 5.79. The van der Waals surface area contributed by atoms with Gasteiger partial charge in [-0.2, -0.15) is 10.2 Å². The minimum absolute atomic E-state index is 0.0969. The molecule has 1 saturated carbocycles. The summed E-state index contributed by atoms with van der Waals surface area (Å²) in [5, 5.41) is 8.94. The van der Waals surface area contributed by atoms with E-state index in [4.69, 9.17) is 4.98 Å². The van der Waals surface area contributed by atoms with Gasteiger partial charge in [-0.1, -0.05) is 36.4 Å². The molecule has 0 unspecified atom stereocenters. The van der Waals surface area contributed by atoms with Crippen molar-refractivity contribution >= 4 is 0 Å². The molecule has 0 N–H and O–H groups in total. The molecule has 1 atom stereocenters. The fraction of sp³-hybridized carbons (Fsp3) is 0.304. The third kappa shape index (κ3) is 3.07. The number of hydrogen-bond donors (Lipinski definition) is 0. The van der Waals surface area contributed by atoms with Crippen LogP contribution in [0.15, 0.2) is 61.8 Å². The molecule has 3 aromatic heterocycles. The van der Waals surface area contributed by atoms with E-state index in [0.717, 1.165) is 34.0 Å². The summed E-state index contributed by atoms with van der Waals surface area (Å²) in [4.78, 5) is 9.47. The van der Waals surface area contributed by atoms with E-state index >= 15 is 0 Å². The van der Waals surface area contributed by atoms with Crippen LogP contribution in [0.2, 0.25) is 0 Å². The van der Waals surface area contributed by atoms with Gasteiger partial charge in [-0.3, -0.25) is 9.36 Å². The molecular formula is C23H25N7. The van der Waals surface area contributed by atoms with E-state index in [1.165, 1.54) is 12.8 Å². The Kier molecular flexibility index (Phi) is 4.58. The third-order valence-corrected chi connectivity index (χ3v) is 5.88. The summed E-state index contributed by atoms with van der Waals surface area (Å²) in [5.74, 6) is 1.50. The topological polar surface area (TPSA) is 66.3 Å². The number of imidazole rings is 1. The number of hydrogen-bond acceptors (Lipinski definition) is 4. The molecule has 0 saturated heterocycles. The van der Waals surface area contributed by atoms with Gasteiger partial charge in [-0.15, -0.1) is 6.58 Å². The Labute approximate surface area is 175 Å². The molecule has 4 aromatic rings. The van der Waals surface area contributed by atoms with Gasteiger partial charge in [0.2, 0.25) is 0 Å². The van der Waals surface area contributed by atoms with Crippen LogP contribution in [-0.4, -0.2) is 34.1 Å². The molecule has 1 aromatic carbocycles. The lowest BCUT2D eigenvalue weighted by molar-refractivity contribution is 0.472. The Hall–Kier alpha value is -3.48. The normalized spacial score (nSPS) is 14.7. The van der Waals surface area contributed by atoms with Gasteiger partial charge in [-0.05, 0) is 25.7 Å². The maximum absolute atomic E-state index is 4.88. The molecule has 0 amide bonds. The van der Waals surface area contributed by atoms with Gasteiger partial charge in [-0.25, -0.2) is 9.97 Å². The maximum Gasteiger partial charge on any atom is 0.150 e. The molecule has 30 heavy (non-hydrogen) atoms. The average Bonchev–Trinajstić information content (AvgIpc) is 3.21. The molecule has 1 fully saturated rings. The summed E-state index contributed by atoms with van der Waals surface area (Å²) < 4.78 is 6.14. The van der Waals surface area contributed by atoms with Crippen LogP contribution in [0.5, 0.6) is 0 Å². The van der Waals surface area contributed by atoms with E-state index in [2.05, 4.69) is 45.4 Å². The molecule has 0 aliphatic heterocycles. The standard InChI is InChI=1S/C23H25N7/c1-4-12-30-16(2)19(13-26-30)22-20(17-8-6-5-7-9-17)25-15-29(22)21(18-10-11-18)23-24-14-27-28(23)3/h4-9,13-15,18,21H,1,10-12H2,2-3H3/t21-/m1/s1. The first-order valence-corrected chi connectivity index (χ1v) is 10.3. The summed E-state index contributed by atoms with van der Waals surface area (Å²) in [6.45, 7) is 6.64. The second-order valence-corrected chi connectivity index (χ2v) is 7.85. The first-order chi connectivity index (χ1) is 14.7. The first-order valence-electron chi connectivity index (χ1n) is 10.3. The van der Waals surface area contributed by atoms with Crippen LogP contribution in [0.25, 0.3) is 22.5 Å². The highest BCUT2D eigenvalue weighted by Crippen LogP contribution is 2.46. The molecule has 152 valence electrons. The summed E-state index contributed by atoms with van der Waals surface area (Å²) in [7, 11) is 1.96. The minimum Gasteiger partial charge on any atom is -0.319 e. The van der Waals surface area contributed by atoms with Crippen molar-refractivity contribution in [3.05, 3.63) is 73.4 Å². The SMILES string of the molecule is C=CCn1ncc(-c2c(-c3ccccc3)ncn2[C@@H](c2ncnn2C)C2CC2)c1C. The molecule has 0 bridgehead atoms. The second kappa shape index (κ2) is 7.40. The lowest BCUT2D eigenvalue weighted by Gasteiger charge is -2.20. The van der Waals surface area contributed by atoms with E-state index in [-0.39, 0.29) is 6.04 Å². The molecule has 1 aliphatic carbocycles. The van der Waals surface area contributed by atoms with Crippen molar-refractivity contribution < 1.29 is 0 Å². The fourth-order valence-electron chi connectivity index (χ4n) is 4.18. The fourth-order valence-corrected chi connectivity index (χ4v) is 4.18. The van der Waals surface area contributed by atoms with Gasteiger partial charge in [0.05, 0.1) is 36.5 Å². The van der Waals surface area contributed by atoms with E-state index in [1.807, 2.05) is 53.2 Å². The third-order valence-electron chi connectivity index (χ3n) is 5.88. The van der Waals surface area contributed by atoms with Crippen LogP contribution in [0.1, 0.15) is 30.4 Å². The molecule has 0 spiro atoms. The van der Waals surface area contributed by atoms with Gasteiger partial charge in [0.1, 0.15) is 12.2 Å². The van der Waals surface area contributed by atoms with Crippen LogP contribution < -0.4 is 0 Å². The van der Waals surface area contributed by atoms with E-state index in [0.29, 0.717) is 12.5 Å². The number of aryl methyl sites for hydroxylation is 1. The van der Waals surface area contributed by atoms with Crippen LogP contribution in [0.3, 0.4) is 0 Å². The van der Waals surface area contributed by atoms with E-state index in [9.17, 15) is 0 Å². The van der Waals surface area contributed by atoms with Gasteiger partial charge < -0.3 is 4.57 Å². The van der Waals surface area contributed by atoms with Crippen molar-refractivity contribution in [3.63, 3.8) is 0 Å². The predicted octanol–water partition coefficient (Wildman–Crippen LogP) is 4.04. The molecule has 1 aliphatic rings. The van der Waals surface area contributed by atoms with E-state index in [1.54, 1.807) is 6.33 Å². The summed E-state index contributed by atoms with van der Waals surface area (Å²) in [6.07, 6.45) is 9.77. The summed E-state index contributed by atoms with van der Waals surface area (Å²) >= 11 is 0. The van der Waals surface area contributed by atoms with Crippen LogP contribution >= 0.6 is 0 Å². The highest BCUT2D eigenvalue weighted by Gasteiger charge is 2.38. The average molecular weight is 400 g/mol. The highest BCUT2D eigenvalue weighted by atomic mass is 15.3. The second-order valence-electron chi connectivity index (χ2n) is 7.85. The lowest BCUT2D eigenvalue weighted by Crippen LogP contribution is -2.18. The van der Waals surface area contributed by atoms with Crippen molar-refractivity contribution in [1.29, 1.82) is 0 Å². The lowest BCUT2D eigenvalue weighted by atomic mass is 10.0. The summed E-state index contributed by atoms with van der Waals surface area (Å²) in [6, 6.07) is 10.4. The number of nitrogens with zero attached hydrogens (tertiary/aromatic N) is 7. The molecule has 3 heterocycles. The van der Waals surface area contributed by atoms with Gasteiger partial charge in [0.25, 0.3) is 0 Å². The zero-order valence-electron chi connectivity index (χ0n) is 17.3. The Balaban J connectivity index is 1.73. The van der Waals surface area contributed by atoms with Gasteiger partial charge in [0, 0.05) is 23.9 Å². The van der Waals surface area contributed by atoms with Crippen molar-refractivity contribution in [2.24, 2.45) is 13.0 Å². The van der Waals surface area contributed by atoms with Gasteiger partial charge >= 0.3 is 0 Å². The van der Waals surface area contributed by atoms with Crippen molar-refractivity contribution in [1.82, 2.24) is 34.1 Å². The smallest absolute Gasteiger partial charge is 0.150 e. The largest absolute Gasteiger partial charge is 0.319 e.